The molecule has 0 aliphatic heterocycles. The zero-order chi connectivity index (χ0) is 16.7. The molecule has 0 bridgehead atoms. The third-order valence-electron chi connectivity index (χ3n) is 3.63. The highest BCUT2D eigenvalue weighted by atomic mass is 16.5. The first-order valence-electron chi connectivity index (χ1n) is 8.11. The Labute approximate surface area is 133 Å². The third kappa shape index (κ3) is 10.7. The molecule has 0 aromatic heterocycles. The van der Waals surface area contributed by atoms with Crippen molar-refractivity contribution < 1.29 is 29.3 Å². The molecule has 0 saturated carbocycles. The molecule has 3 N–H and O–H groups in total. The fraction of sp³-hybridized carbons (Fsp3) is 0.812. The minimum absolute atomic E-state index is 0.000278. The van der Waals surface area contributed by atoms with E-state index >= 15 is 0 Å². The average Bonchev–Trinajstić information content (AvgIpc) is 2.48. The third-order valence-corrected chi connectivity index (χ3v) is 3.63. The first kappa shape index (κ1) is 21.0. The molecule has 22 heavy (non-hydrogen) atoms. The molecule has 0 aromatic carbocycles. The predicted octanol–water partition coefficient (Wildman–Crippen LogP) is 1.37. The summed E-state index contributed by atoms with van der Waals surface area (Å²) in [4.78, 5) is 10.8. The van der Waals surface area contributed by atoms with Crippen molar-refractivity contribution in [3.05, 3.63) is 12.2 Å². The number of unbranched alkanes of at least 4 members (excludes halogenated alkanes) is 2. The number of allylic oxidation sites excluding steroid dienone is 1. The minimum Gasteiger partial charge on any atom is -0.481 e. The predicted molar refractivity (Wildman–Crippen MR) is 85.4 cm³/mol. The summed E-state index contributed by atoms with van der Waals surface area (Å²) in [5.74, 6) is -0.878. The second-order valence-corrected chi connectivity index (χ2v) is 5.54. The van der Waals surface area contributed by atoms with Crippen LogP contribution in [0.2, 0.25) is 0 Å². The van der Waals surface area contributed by atoms with Crippen molar-refractivity contribution in [1.29, 1.82) is 0 Å². The van der Waals surface area contributed by atoms with Gasteiger partial charge in [-0.1, -0.05) is 31.9 Å². The number of aliphatic carboxylic acids is 1. The van der Waals surface area contributed by atoms with Gasteiger partial charge >= 0.3 is 5.97 Å². The summed E-state index contributed by atoms with van der Waals surface area (Å²) in [5, 5.41) is 27.3. The number of carboxylic acids is 1. The summed E-state index contributed by atoms with van der Waals surface area (Å²) in [6.07, 6.45) is 8.54. The molecule has 0 radical (unpaired) electrons. The van der Waals surface area contributed by atoms with Crippen LogP contribution in [0.15, 0.2) is 12.2 Å². The Balaban J connectivity index is 4.20. The van der Waals surface area contributed by atoms with E-state index in [9.17, 15) is 15.0 Å². The lowest BCUT2D eigenvalue weighted by molar-refractivity contribution is -0.945. The lowest BCUT2D eigenvalue weighted by Crippen LogP contribution is -2.54. The smallest absolute Gasteiger partial charge is 0.309 e. The summed E-state index contributed by atoms with van der Waals surface area (Å²) in [6.45, 7) is 4.06. The number of nitrogens with zero attached hydrogens (tertiary/aromatic N) is 1. The number of aliphatic hydroxyl groups excluding tert-OH is 2. The van der Waals surface area contributed by atoms with Crippen molar-refractivity contribution in [1.82, 2.24) is 0 Å². The van der Waals surface area contributed by atoms with Gasteiger partial charge < -0.3 is 20.1 Å². The Morgan fingerprint density at radius 3 is 2.27 bits per heavy atom. The summed E-state index contributed by atoms with van der Waals surface area (Å²) in [7, 11) is 0. The Morgan fingerprint density at radius 1 is 1.09 bits per heavy atom. The molecule has 0 spiro atoms. The van der Waals surface area contributed by atoms with E-state index in [0.717, 1.165) is 12.8 Å². The summed E-state index contributed by atoms with van der Waals surface area (Å²) >= 11 is 0. The highest BCUT2D eigenvalue weighted by Crippen LogP contribution is 2.09. The van der Waals surface area contributed by atoms with E-state index < -0.39 is 5.97 Å². The lowest BCUT2D eigenvalue weighted by atomic mass is 10.2. The summed E-state index contributed by atoms with van der Waals surface area (Å²) in [6, 6.07) is 0. The summed E-state index contributed by atoms with van der Waals surface area (Å²) in [5.41, 5.74) is 0. The van der Waals surface area contributed by atoms with Gasteiger partial charge in [-0.05, 0) is 12.8 Å². The van der Waals surface area contributed by atoms with Crippen molar-refractivity contribution in [2.45, 2.75) is 39.0 Å². The van der Waals surface area contributed by atoms with Gasteiger partial charge in [-0.25, -0.2) is 0 Å². The van der Waals surface area contributed by atoms with Crippen LogP contribution in [-0.4, -0.2) is 72.0 Å². The van der Waals surface area contributed by atoms with Crippen LogP contribution >= 0.6 is 0 Å². The molecular formula is C16H32NO5+. The van der Waals surface area contributed by atoms with Gasteiger partial charge in [0, 0.05) is 0 Å². The van der Waals surface area contributed by atoms with Crippen molar-refractivity contribution in [2.24, 2.45) is 0 Å². The van der Waals surface area contributed by atoms with Gasteiger partial charge in [-0.15, -0.1) is 0 Å². The molecular weight excluding hydrogens is 286 g/mol. The topological polar surface area (TPSA) is 87.0 Å². The molecule has 0 saturated heterocycles. The van der Waals surface area contributed by atoms with Crippen LogP contribution in [0.3, 0.4) is 0 Å². The van der Waals surface area contributed by atoms with E-state index in [-0.39, 0.29) is 24.1 Å². The van der Waals surface area contributed by atoms with Gasteiger partial charge in [-0.3, -0.25) is 9.28 Å². The number of carboxylic acid groups (broad SMARTS) is 1. The van der Waals surface area contributed by atoms with Crippen molar-refractivity contribution in [3.63, 3.8) is 0 Å². The second kappa shape index (κ2) is 13.7. The summed E-state index contributed by atoms with van der Waals surface area (Å²) < 4.78 is 5.93. The zero-order valence-electron chi connectivity index (χ0n) is 13.7. The zero-order valence-corrected chi connectivity index (χ0v) is 13.7. The van der Waals surface area contributed by atoms with Gasteiger partial charge in [0.1, 0.15) is 13.1 Å². The molecule has 6 heteroatoms. The van der Waals surface area contributed by atoms with E-state index in [1.807, 2.05) is 0 Å². The number of quaternary nitrogens is 1. The van der Waals surface area contributed by atoms with Gasteiger partial charge in [0.15, 0.2) is 6.73 Å². The number of ether oxygens (including phenoxy) is 1. The average molecular weight is 318 g/mol. The van der Waals surface area contributed by atoms with Gasteiger partial charge in [0.25, 0.3) is 0 Å². The molecule has 0 fully saturated rings. The molecule has 0 rings (SSSR count). The van der Waals surface area contributed by atoms with Crippen molar-refractivity contribution in [3.8, 4) is 0 Å². The number of aliphatic hydroxyl groups is 2. The highest BCUT2D eigenvalue weighted by molar-refractivity contribution is 5.66. The number of hydrogen-bond donors (Lipinski definition) is 3. The maximum absolute atomic E-state index is 10.8. The molecule has 6 nitrogen and oxygen atoms in total. The first-order chi connectivity index (χ1) is 10.6. The molecule has 0 aliphatic carbocycles. The quantitative estimate of drug-likeness (QED) is 0.184. The standard InChI is InChI=1S/C16H31NO5/c1-2-3-4-5-6-7-14-22-15-17(10-12-18,11-13-19)9-8-16(20)21/h5-6,18-19H,2-4,7-15H2,1H3/p+1/b6-5+. The van der Waals surface area contributed by atoms with Crippen molar-refractivity contribution >= 4 is 5.97 Å². The van der Waals surface area contributed by atoms with Crippen LogP contribution in [0.25, 0.3) is 0 Å². The van der Waals surface area contributed by atoms with Crippen LogP contribution in [0, 0.1) is 0 Å². The molecule has 0 unspecified atom stereocenters. The van der Waals surface area contributed by atoms with Crippen molar-refractivity contribution in [2.75, 3.05) is 46.2 Å². The van der Waals surface area contributed by atoms with E-state index in [1.165, 1.54) is 12.8 Å². The molecule has 0 aliphatic rings. The highest BCUT2D eigenvalue weighted by Gasteiger charge is 2.27. The number of rotatable bonds is 15. The van der Waals surface area contributed by atoms with Crippen LogP contribution in [0.1, 0.15) is 39.0 Å². The number of carbonyl (C=O) groups is 1. The number of hydrogen-bond acceptors (Lipinski definition) is 4. The fourth-order valence-corrected chi connectivity index (χ4v) is 2.25. The van der Waals surface area contributed by atoms with Crippen LogP contribution < -0.4 is 0 Å². The molecule has 0 heterocycles. The Morgan fingerprint density at radius 2 is 1.73 bits per heavy atom. The maximum Gasteiger partial charge on any atom is 0.309 e. The molecule has 0 amide bonds. The maximum atomic E-state index is 10.8. The first-order valence-corrected chi connectivity index (χ1v) is 8.11. The molecule has 130 valence electrons. The SMILES string of the molecule is CCCC/C=C/CCOC[N+](CCO)(CCO)CCC(=O)O. The van der Waals surface area contributed by atoms with Gasteiger partial charge in [0.2, 0.25) is 0 Å². The van der Waals surface area contributed by atoms with Crippen LogP contribution in [0.4, 0.5) is 0 Å². The Bertz CT molecular complexity index is 301. The van der Waals surface area contributed by atoms with E-state index in [0.29, 0.717) is 33.0 Å². The Kier molecular flexibility index (Phi) is 13.1. The monoisotopic (exact) mass is 318 g/mol. The molecule has 0 atom stereocenters. The molecule has 0 aromatic rings. The lowest BCUT2D eigenvalue weighted by Gasteiger charge is -2.36. The van der Waals surface area contributed by atoms with Gasteiger partial charge in [0.05, 0.1) is 32.8 Å². The van der Waals surface area contributed by atoms with E-state index in [1.54, 1.807) is 0 Å². The van der Waals surface area contributed by atoms with Crippen LogP contribution in [0.5, 0.6) is 0 Å². The second-order valence-electron chi connectivity index (χ2n) is 5.54. The van der Waals surface area contributed by atoms with E-state index in [2.05, 4.69) is 19.1 Å². The largest absolute Gasteiger partial charge is 0.481 e. The normalized spacial score (nSPS) is 12.1. The minimum atomic E-state index is -0.878. The van der Waals surface area contributed by atoms with E-state index in [4.69, 9.17) is 9.84 Å². The Hall–Kier alpha value is -0.950. The van der Waals surface area contributed by atoms with Crippen LogP contribution in [-0.2, 0) is 9.53 Å². The van der Waals surface area contributed by atoms with Gasteiger partial charge in [-0.2, -0.15) is 0 Å². The fourth-order valence-electron chi connectivity index (χ4n) is 2.25.